The van der Waals surface area contributed by atoms with Crippen molar-refractivity contribution in [1.29, 1.82) is 0 Å². The maximum absolute atomic E-state index is 3.79. The maximum atomic E-state index is 3.79. The fourth-order valence-electron chi connectivity index (χ4n) is 1.05. The predicted octanol–water partition coefficient (Wildman–Crippen LogP) is 3.93. The monoisotopic (exact) mass is 202 g/mol. The molecule has 0 aliphatic carbocycles. The molecular weight excluding hydrogens is 182 g/mol. The molecule has 0 N–H and O–H groups in total. The van der Waals surface area contributed by atoms with Crippen LogP contribution in [0.2, 0.25) is 0 Å². The van der Waals surface area contributed by atoms with Gasteiger partial charge in [-0.05, 0) is 31.1 Å². The Morgan fingerprint density at radius 1 is 1.08 bits per heavy atom. The molecule has 0 rings (SSSR count). The van der Waals surface area contributed by atoms with Gasteiger partial charge in [-0.2, -0.15) is 0 Å². The molecule has 0 saturated carbocycles. The van der Waals surface area contributed by atoms with Crippen molar-refractivity contribution in [3.8, 4) is 0 Å². The minimum absolute atomic E-state index is 0.170. The number of rotatable bonds is 6. The minimum atomic E-state index is 0.170. The predicted molar refractivity (Wildman–Crippen MR) is 65.3 cm³/mol. The van der Waals surface area contributed by atoms with Gasteiger partial charge in [-0.15, -0.1) is 13.2 Å². The highest BCUT2D eigenvalue weighted by molar-refractivity contribution is 7.75. The highest BCUT2D eigenvalue weighted by atomic mass is 31.2. The first kappa shape index (κ1) is 12.3. The van der Waals surface area contributed by atoms with Crippen molar-refractivity contribution in [2.45, 2.75) is 12.3 Å². The van der Waals surface area contributed by atoms with Crippen molar-refractivity contribution in [2.75, 3.05) is 25.7 Å². The minimum Gasteiger partial charge on any atom is -0.103 e. The van der Waals surface area contributed by atoms with E-state index in [9.17, 15) is 0 Å². The van der Waals surface area contributed by atoms with E-state index in [0.29, 0.717) is 0 Å². The molecule has 0 aromatic rings. The molecule has 0 aliphatic rings. The van der Waals surface area contributed by atoms with Crippen molar-refractivity contribution in [3.05, 3.63) is 25.3 Å². The molecule has 0 aliphatic heterocycles. The lowest BCUT2D eigenvalue weighted by molar-refractivity contribution is 1.34. The van der Waals surface area contributed by atoms with Gasteiger partial charge in [-0.1, -0.05) is 34.9 Å². The van der Waals surface area contributed by atoms with Gasteiger partial charge in [0.2, 0.25) is 0 Å². The topological polar surface area (TPSA) is 0 Å². The van der Waals surface area contributed by atoms with E-state index in [0.717, 1.165) is 5.40 Å². The Morgan fingerprint density at radius 2 is 1.42 bits per heavy atom. The van der Waals surface area contributed by atoms with Crippen LogP contribution in [0.15, 0.2) is 25.3 Å². The summed E-state index contributed by atoms with van der Waals surface area (Å²) >= 11 is 0. The van der Waals surface area contributed by atoms with E-state index in [2.05, 4.69) is 45.6 Å². The Morgan fingerprint density at radius 3 is 1.67 bits per heavy atom. The summed E-state index contributed by atoms with van der Waals surface area (Å²) in [5.74, 6) is 0. The number of allylic oxidation sites excluding steroid dienone is 2. The Labute approximate surface area is 79.6 Å². The summed E-state index contributed by atoms with van der Waals surface area (Å²) in [4.78, 5) is 0. The van der Waals surface area contributed by atoms with Crippen molar-refractivity contribution in [3.63, 3.8) is 0 Å². The molecule has 2 unspecified atom stereocenters. The van der Waals surface area contributed by atoms with Gasteiger partial charge in [0.25, 0.3) is 0 Å². The molecule has 0 heterocycles. The van der Waals surface area contributed by atoms with Crippen molar-refractivity contribution < 1.29 is 0 Å². The largest absolute Gasteiger partial charge is 0.103 e. The van der Waals surface area contributed by atoms with Crippen LogP contribution in [-0.4, -0.2) is 31.1 Å². The van der Waals surface area contributed by atoms with Crippen LogP contribution in [0.4, 0.5) is 0 Å². The van der Waals surface area contributed by atoms with Crippen LogP contribution in [0.5, 0.6) is 0 Å². The number of hydrogen-bond donors (Lipinski definition) is 0. The second kappa shape index (κ2) is 6.81. The smallest absolute Gasteiger partial charge is 0.00336 e. The van der Waals surface area contributed by atoms with E-state index in [1.54, 1.807) is 0 Å². The summed E-state index contributed by atoms with van der Waals surface area (Å²) in [6.45, 7) is 14.7. The fourth-order valence-corrected chi connectivity index (χ4v) is 5.73. The molecule has 0 aromatic carbocycles. The molecule has 2 atom stereocenters. The first-order valence-electron chi connectivity index (χ1n) is 4.25. The van der Waals surface area contributed by atoms with E-state index >= 15 is 0 Å². The molecule has 0 radical (unpaired) electrons. The third-order valence-electron chi connectivity index (χ3n) is 2.11. The lowest BCUT2D eigenvalue weighted by Crippen LogP contribution is -1.99. The first-order chi connectivity index (χ1) is 5.63. The van der Waals surface area contributed by atoms with Gasteiger partial charge in [0, 0.05) is 0 Å². The molecule has 12 heavy (non-hydrogen) atoms. The van der Waals surface area contributed by atoms with E-state index < -0.39 is 0 Å². The second-order valence-corrected chi connectivity index (χ2v) is 8.80. The van der Waals surface area contributed by atoms with Crippen molar-refractivity contribution in [2.24, 2.45) is 0 Å². The van der Waals surface area contributed by atoms with E-state index in [-0.39, 0.29) is 15.8 Å². The summed E-state index contributed by atoms with van der Waals surface area (Å²) in [7, 11) is 0.340. The lowest BCUT2D eigenvalue weighted by atomic mass is 10.8. The Balaban J connectivity index is 3.88. The molecule has 0 aromatic heterocycles. The third-order valence-corrected chi connectivity index (χ3v) is 8.70. The first-order valence-corrected chi connectivity index (χ1v) is 8.34. The zero-order chi connectivity index (χ0) is 9.56. The second-order valence-electron chi connectivity index (χ2n) is 3.09. The zero-order valence-electron chi connectivity index (χ0n) is 8.45. The van der Waals surface area contributed by atoms with E-state index in [1.807, 2.05) is 0 Å². The Hall–Kier alpha value is 0.340. The van der Waals surface area contributed by atoms with Crippen LogP contribution in [0.25, 0.3) is 0 Å². The maximum Gasteiger partial charge on any atom is -0.00336 e. The normalized spacial score (nSPS) is 17.9. The molecule has 0 bridgehead atoms. The third kappa shape index (κ3) is 4.39. The molecule has 2 heteroatoms. The van der Waals surface area contributed by atoms with Crippen LogP contribution < -0.4 is 0 Å². The van der Waals surface area contributed by atoms with Gasteiger partial charge in [-0.25, -0.2) is 0 Å². The molecule has 0 saturated heterocycles. The Bertz CT molecular complexity index is 127. The average molecular weight is 202 g/mol. The summed E-state index contributed by atoms with van der Waals surface area (Å²) in [5, 5.41) is 0.894. The summed E-state index contributed by atoms with van der Waals surface area (Å²) in [6.07, 6.45) is 6.53. The molecule has 0 amide bonds. The molecule has 0 nitrogen and oxygen atoms in total. The van der Waals surface area contributed by atoms with Gasteiger partial charge in [0.1, 0.15) is 0 Å². The van der Waals surface area contributed by atoms with Crippen molar-refractivity contribution in [1.82, 2.24) is 0 Å². The number of hydrogen-bond acceptors (Lipinski definition) is 0. The van der Waals surface area contributed by atoms with Crippen LogP contribution in [0, 0.1) is 0 Å². The highest BCUT2D eigenvalue weighted by Crippen LogP contribution is 2.54. The molecule has 70 valence electrons. The molecule has 0 spiro atoms. The van der Waals surface area contributed by atoms with E-state index in [1.165, 1.54) is 12.3 Å². The lowest BCUT2D eigenvalue weighted by Gasteiger charge is -2.25. The van der Waals surface area contributed by atoms with Gasteiger partial charge in [-0.3, -0.25) is 0 Å². The summed E-state index contributed by atoms with van der Waals surface area (Å²) in [6, 6.07) is 0. The van der Waals surface area contributed by atoms with Crippen LogP contribution in [0.3, 0.4) is 0 Å². The Kier molecular flexibility index (Phi) is 7.01. The van der Waals surface area contributed by atoms with Crippen LogP contribution in [0.1, 0.15) is 6.92 Å². The van der Waals surface area contributed by atoms with Gasteiger partial charge < -0.3 is 0 Å². The summed E-state index contributed by atoms with van der Waals surface area (Å²) in [5.41, 5.74) is 0. The van der Waals surface area contributed by atoms with E-state index in [4.69, 9.17) is 0 Å². The van der Waals surface area contributed by atoms with Crippen molar-refractivity contribution >= 4 is 15.8 Å². The van der Waals surface area contributed by atoms with Crippen LogP contribution >= 0.6 is 15.8 Å². The van der Waals surface area contributed by atoms with Gasteiger partial charge in [0.15, 0.2) is 0 Å². The van der Waals surface area contributed by atoms with Gasteiger partial charge >= 0.3 is 0 Å². The standard InChI is InChI=1S/C10H20P2/c1-6-8-11(4)10(3)12(5)9-7-2/h6-7,10H,1-2,8-9H2,3-5H3. The SMILES string of the molecule is C=CCP(C)C(C)P(C)CC=C. The quantitative estimate of drug-likeness (QED) is 0.452. The molecule has 0 fully saturated rings. The summed E-state index contributed by atoms with van der Waals surface area (Å²) < 4.78 is 0. The van der Waals surface area contributed by atoms with Gasteiger partial charge in [0.05, 0.1) is 0 Å². The van der Waals surface area contributed by atoms with Crippen LogP contribution in [-0.2, 0) is 0 Å². The highest BCUT2D eigenvalue weighted by Gasteiger charge is 2.15. The fraction of sp³-hybridized carbons (Fsp3) is 0.600. The average Bonchev–Trinajstić information content (AvgIpc) is 2.04. The zero-order valence-corrected chi connectivity index (χ0v) is 10.2. The molecular formula is C10H20P2.